The zero-order valence-corrected chi connectivity index (χ0v) is 11.7. The van der Waals surface area contributed by atoms with Gasteiger partial charge >= 0.3 is 0 Å². The summed E-state index contributed by atoms with van der Waals surface area (Å²) in [5.41, 5.74) is 4.92. The van der Waals surface area contributed by atoms with Crippen LogP contribution < -0.4 is 4.57 Å². The Kier molecular flexibility index (Phi) is 3.52. The molecule has 0 saturated carbocycles. The Labute approximate surface area is 118 Å². The van der Waals surface area contributed by atoms with Crippen molar-refractivity contribution >= 4 is 11.0 Å². The Balaban J connectivity index is 2.00. The maximum absolute atomic E-state index is 9.18. The van der Waals surface area contributed by atoms with Crippen LogP contribution in [0, 0.1) is 6.92 Å². The fraction of sp³-hybridized carbons (Fsp3) is 0.235. The van der Waals surface area contributed by atoms with E-state index < -0.39 is 0 Å². The average molecular weight is 267 g/mol. The lowest BCUT2D eigenvalue weighted by Gasteiger charge is -1.99. The van der Waals surface area contributed by atoms with Crippen molar-refractivity contribution in [3.63, 3.8) is 0 Å². The van der Waals surface area contributed by atoms with Gasteiger partial charge in [0.2, 0.25) is 6.33 Å². The summed E-state index contributed by atoms with van der Waals surface area (Å²) in [7, 11) is 0. The topological polar surface area (TPSA) is 29.0 Å². The van der Waals surface area contributed by atoms with Crippen molar-refractivity contribution in [3.05, 3.63) is 66.0 Å². The Hall–Kier alpha value is -2.13. The number of aromatic nitrogens is 2. The van der Waals surface area contributed by atoms with Gasteiger partial charge in [0, 0.05) is 0 Å². The van der Waals surface area contributed by atoms with Crippen LogP contribution in [0.3, 0.4) is 0 Å². The van der Waals surface area contributed by atoms with Crippen molar-refractivity contribution in [3.8, 4) is 0 Å². The number of rotatable bonds is 4. The van der Waals surface area contributed by atoms with Gasteiger partial charge in [-0.2, -0.15) is 0 Å². The third-order valence-corrected chi connectivity index (χ3v) is 3.59. The predicted octanol–water partition coefficient (Wildman–Crippen LogP) is 2.28. The molecule has 2 aromatic carbocycles. The third-order valence-electron chi connectivity index (χ3n) is 3.59. The van der Waals surface area contributed by atoms with E-state index in [0.29, 0.717) is 6.54 Å². The maximum atomic E-state index is 9.18. The summed E-state index contributed by atoms with van der Waals surface area (Å²) in [6.07, 6.45) is 2.08. The van der Waals surface area contributed by atoms with E-state index >= 15 is 0 Å². The third kappa shape index (κ3) is 2.45. The highest BCUT2D eigenvalue weighted by atomic mass is 16.3. The summed E-state index contributed by atoms with van der Waals surface area (Å²) in [5.74, 6) is 0. The standard InChI is InChI=1S/C17H19N2O/c1-14-6-8-15(9-7-14)12-19-13-18(10-11-20)16-4-2-3-5-17(16)19/h2-9,13,20H,10-12H2,1H3/q+1. The van der Waals surface area contributed by atoms with E-state index in [2.05, 4.69) is 64.8 Å². The quantitative estimate of drug-likeness (QED) is 0.722. The summed E-state index contributed by atoms with van der Waals surface area (Å²) in [5, 5.41) is 9.18. The molecule has 0 aliphatic carbocycles. The van der Waals surface area contributed by atoms with Crippen LogP contribution in [0.25, 0.3) is 11.0 Å². The molecule has 1 N–H and O–H groups in total. The van der Waals surface area contributed by atoms with E-state index in [4.69, 9.17) is 0 Å². The van der Waals surface area contributed by atoms with E-state index in [1.165, 1.54) is 16.6 Å². The molecule has 102 valence electrons. The highest BCUT2D eigenvalue weighted by molar-refractivity contribution is 5.71. The molecule has 0 amide bonds. The zero-order chi connectivity index (χ0) is 13.9. The van der Waals surface area contributed by atoms with Crippen molar-refractivity contribution in [1.29, 1.82) is 0 Å². The summed E-state index contributed by atoms with van der Waals surface area (Å²) < 4.78 is 4.33. The number of nitrogens with zero attached hydrogens (tertiary/aromatic N) is 2. The molecule has 0 bridgehead atoms. The largest absolute Gasteiger partial charge is 0.392 e. The van der Waals surface area contributed by atoms with Crippen molar-refractivity contribution in [1.82, 2.24) is 4.57 Å². The van der Waals surface area contributed by atoms with Crippen LogP contribution in [0.2, 0.25) is 0 Å². The molecule has 0 radical (unpaired) electrons. The van der Waals surface area contributed by atoms with Crippen LogP contribution in [0.4, 0.5) is 0 Å². The molecule has 3 nitrogen and oxygen atoms in total. The molecule has 0 unspecified atom stereocenters. The van der Waals surface area contributed by atoms with Gasteiger partial charge in [0.05, 0.1) is 6.61 Å². The van der Waals surface area contributed by atoms with Crippen LogP contribution in [0.15, 0.2) is 54.9 Å². The van der Waals surface area contributed by atoms with Gasteiger partial charge in [-0.1, -0.05) is 42.0 Å². The number of hydrogen-bond donors (Lipinski definition) is 1. The molecule has 0 atom stereocenters. The molecule has 1 heterocycles. The highest BCUT2D eigenvalue weighted by Gasteiger charge is 2.14. The Morgan fingerprint density at radius 3 is 2.55 bits per heavy atom. The molecule has 0 fully saturated rings. The molecule has 3 aromatic rings. The SMILES string of the molecule is Cc1ccc(C[n+]2cn(CCO)c3ccccc32)cc1. The molecule has 1 aromatic heterocycles. The van der Waals surface area contributed by atoms with Gasteiger partial charge in [0.15, 0.2) is 11.0 Å². The highest BCUT2D eigenvalue weighted by Crippen LogP contribution is 2.12. The lowest BCUT2D eigenvalue weighted by Crippen LogP contribution is -2.32. The van der Waals surface area contributed by atoms with Crippen molar-refractivity contribution < 1.29 is 9.67 Å². The number of aliphatic hydroxyl groups is 1. The monoisotopic (exact) mass is 267 g/mol. The number of benzene rings is 2. The van der Waals surface area contributed by atoms with E-state index in [9.17, 15) is 5.11 Å². The number of fused-ring (bicyclic) bond motifs is 1. The molecule has 3 heteroatoms. The van der Waals surface area contributed by atoms with Gasteiger partial charge in [-0.05, 0) is 24.6 Å². The smallest absolute Gasteiger partial charge is 0.245 e. The second kappa shape index (κ2) is 5.47. The lowest BCUT2D eigenvalue weighted by molar-refractivity contribution is -0.663. The molecule has 0 aliphatic rings. The van der Waals surface area contributed by atoms with Gasteiger partial charge < -0.3 is 5.11 Å². The fourth-order valence-electron chi connectivity index (χ4n) is 2.54. The van der Waals surface area contributed by atoms with Crippen LogP contribution in [0.5, 0.6) is 0 Å². The van der Waals surface area contributed by atoms with Crippen LogP contribution in [-0.4, -0.2) is 16.3 Å². The van der Waals surface area contributed by atoms with Gasteiger partial charge in [-0.3, -0.25) is 0 Å². The molecular formula is C17H19N2O+. The molecule has 0 spiro atoms. The summed E-state index contributed by atoms with van der Waals surface area (Å²) >= 11 is 0. The van der Waals surface area contributed by atoms with Crippen molar-refractivity contribution in [2.75, 3.05) is 6.61 Å². The van der Waals surface area contributed by atoms with Crippen molar-refractivity contribution in [2.45, 2.75) is 20.0 Å². The number of imidazole rings is 1. The minimum Gasteiger partial charge on any atom is -0.392 e. The van der Waals surface area contributed by atoms with E-state index in [1.807, 2.05) is 6.07 Å². The van der Waals surface area contributed by atoms with Gasteiger partial charge in [0.1, 0.15) is 13.1 Å². The molecule has 3 rings (SSSR count). The first-order valence-corrected chi connectivity index (χ1v) is 6.91. The minimum absolute atomic E-state index is 0.156. The average Bonchev–Trinajstić information content (AvgIpc) is 2.81. The zero-order valence-electron chi connectivity index (χ0n) is 11.7. The minimum atomic E-state index is 0.156. The Bertz CT molecular complexity index is 713. The summed E-state index contributed by atoms with van der Waals surface area (Å²) in [6.45, 7) is 3.73. The van der Waals surface area contributed by atoms with Crippen LogP contribution >= 0.6 is 0 Å². The summed E-state index contributed by atoms with van der Waals surface area (Å²) in [6, 6.07) is 16.9. The number of aliphatic hydroxyl groups excluding tert-OH is 1. The lowest BCUT2D eigenvalue weighted by atomic mass is 10.1. The van der Waals surface area contributed by atoms with E-state index in [1.54, 1.807) is 0 Å². The van der Waals surface area contributed by atoms with E-state index in [-0.39, 0.29) is 6.61 Å². The number of hydrogen-bond acceptors (Lipinski definition) is 1. The van der Waals surface area contributed by atoms with Gasteiger partial charge in [-0.15, -0.1) is 0 Å². The molecule has 20 heavy (non-hydrogen) atoms. The first-order valence-electron chi connectivity index (χ1n) is 6.91. The molecular weight excluding hydrogens is 248 g/mol. The second-order valence-corrected chi connectivity index (χ2v) is 5.13. The van der Waals surface area contributed by atoms with E-state index in [0.717, 1.165) is 12.1 Å². The van der Waals surface area contributed by atoms with Crippen molar-refractivity contribution in [2.24, 2.45) is 0 Å². The maximum Gasteiger partial charge on any atom is 0.245 e. The number of para-hydroxylation sites is 2. The fourth-order valence-corrected chi connectivity index (χ4v) is 2.54. The number of aryl methyl sites for hydroxylation is 1. The summed E-state index contributed by atoms with van der Waals surface area (Å²) in [4.78, 5) is 0. The first-order chi connectivity index (χ1) is 9.78. The Morgan fingerprint density at radius 2 is 1.80 bits per heavy atom. The second-order valence-electron chi connectivity index (χ2n) is 5.13. The van der Waals surface area contributed by atoms with Gasteiger partial charge in [-0.25, -0.2) is 9.13 Å². The van der Waals surface area contributed by atoms with Gasteiger partial charge in [0.25, 0.3) is 0 Å². The normalized spacial score (nSPS) is 11.1. The molecule has 0 aliphatic heterocycles. The van der Waals surface area contributed by atoms with Crippen LogP contribution in [-0.2, 0) is 13.1 Å². The predicted molar refractivity (Wildman–Crippen MR) is 79.5 cm³/mol. The van der Waals surface area contributed by atoms with Crippen LogP contribution in [0.1, 0.15) is 11.1 Å². The first kappa shape index (κ1) is 12.9. The molecule has 0 saturated heterocycles. The Morgan fingerprint density at radius 1 is 1.05 bits per heavy atom.